The van der Waals surface area contributed by atoms with Crippen molar-refractivity contribution in [3.05, 3.63) is 46.9 Å². The smallest absolute Gasteiger partial charge is 0.340 e. The SMILES string of the molecule is Cc1nsc(NC(=O)c2ccccc2F)c1C(=O)O. The van der Waals surface area contributed by atoms with Crippen LogP contribution in [-0.4, -0.2) is 21.4 Å². The van der Waals surface area contributed by atoms with Gasteiger partial charge in [0.05, 0.1) is 11.3 Å². The lowest BCUT2D eigenvalue weighted by molar-refractivity contribution is 0.0697. The van der Waals surface area contributed by atoms with Crippen molar-refractivity contribution in [3.8, 4) is 0 Å². The minimum absolute atomic E-state index is 0.0744. The van der Waals surface area contributed by atoms with Crippen molar-refractivity contribution < 1.29 is 19.1 Å². The van der Waals surface area contributed by atoms with E-state index in [0.29, 0.717) is 5.69 Å². The van der Waals surface area contributed by atoms with Crippen molar-refractivity contribution in [1.82, 2.24) is 4.37 Å². The first kappa shape index (κ1) is 13.2. The molecule has 1 heterocycles. The van der Waals surface area contributed by atoms with Crippen LogP contribution in [-0.2, 0) is 0 Å². The molecule has 2 N–H and O–H groups in total. The summed E-state index contributed by atoms with van der Waals surface area (Å²) >= 11 is 0.848. The molecule has 0 atom stereocenters. The first-order chi connectivity index (χ1) is 9.00. The van der Waals surface area contributed by atoms with Gasteiger partial charge in [0.2, 0.25) is 0 Å². The zero-order chi connectivity index (χ0) is 14.0. The van der Waals surface area contributed by atoms with Crippen LogP contribution in [0, 0.1) is 12.7 Å². The molecule has 0 fully saturated rings. The summed E-state index contributed by atoms with van der Waals surface area (Å²) in [7, 11) is 0. The highest BCUT2D eigenvalue weighted by molar-refractivity contribution is 7.11. The van der Waals surface area contributed by atoms with Crippen molar-refractivity contribution in [2.75, 3.05) is 5.32 Å². The molecule has 5 nitrogen and oxygen atoms in total. The Morgan fingerprint density at radius 1 is 1.37 bits per heavy atom. The van der Waals surface area contributed by atoms with Gasteiger partial charge in [-0.2, -0.15) is 4.37 Å². The standard InChI is InChI=1S/C12H9FN2O3S/c1-6-9(12(17)18)11(19-15-6)14-10(16)7-4-2-3-5-8(7)13/h2-5H,1H3,(H,14,16)(H,17,18). The fraction of sp³-hybridized carbons (Fsp3) is 0.0833. The number of nitrogens with zero attached hydrogens (tertiary/aromatic N) is 1. The molecule has 0 saturated heterocycles. The van der Waals surface area contributed by atoms with E-state index < -0.39 is 17.7 Å². The van der Waals surface area contributed by atoms with Gasteiger partial charge in [0, 0.05) is 0 Å². The van der Waals surface area contributed by atoms with Gasteiger partial charge in [-0.25, -0.2) is 9.18 Å². The normalized spacial score (nSPS) is 10.2. The van der Waals surface area contributed by atoms with Crippen LogP contribution in [0.4, 0.5) is 9.39 Å². The second-order valence-corrected chi connectivity index (χ2v) is 4.48. The third kappa shape index (κ3) is 2.60. The summed E-state index contributed by atoms with van der Waals surface area (Å²) < 4.78 is 17.3. The van der Waals surface area contributed by atoms with Crippen LogP contribution >= 0.6 is 11.5 Å². The van der Waals surface area contributed by atoms with Gasteiger partial charge >= 0.3 is 5.97 Å². The molecule has 1 amide bonds. The predicted octanol–water partition coefficient (Wildman–Crippen LogP) is 2.54. The molecule has 98 valence electrons. The quantitative estimate of drug-likeness (QED) is 0.905. The van der Waals surface area contributed by atoms with E-state index in [1.165, 1.54) is 25.1 Å². The Kier molecular flexibility index (Phi) is 3.57. The van der Waals surface area contributed by atoms with Gasteiger partial charge in [-0.1, -0.05) is 12.1 Å². The summed E-state index contributed by atoms with van der Waals surface area (Å²) in [5.74, 6) is -2.56. The van der Waals surface area contributed by atoms with E-state index in [0.717, 1.165) is 17.6 Å². The fourth-order valence-electron chi connectivity index (χ4n) is 1.52. The number of benzene rings is 1. The van der Waals surface area contributed by atoms with Gasteiger partial charge in [-0.15, -0.1) is 0 Å². The minimum atomic E-state index is -1.19. The third-order valence-corrected chi connectivity index (χ3v) is 3.28. The molecule has 0 bridgehead atoms. The van der Waals surface area contributed by atoms with E-state index >= 15 is 0 Å². The summed E-state index contributed by atoms with van der Waals surface area (Å²) in [4.78, 5) is 22.9. The van der Waals surface area contributed by atoms with Crippen LogP contribution in [0.2, 0.25) is 0 Å². The van der Waals surface area contributed by atoms with E-state index in [4.69, 9.17) is 5.11 Å². The van der Waals surface area contributed by atoms with E-state index in [-0.39, 0.29) is 16.1 Å². The van der Waals surface area contributed by atoms with Crippen LogP contribution in [0.3, 0.4) is 0 Å². The number of carbonyl (C=O) groups is 2. The van der Waals surface area contributed by atoms with Crippen LogP contribution in [0.1, 0.15) is 26.4 Å². The van der Waals surface area contributed by atoms with E-state index in [1.54, 1.807) is 0 Å². The lowest BCUT2D eigenvalue weighted by atomic mass is 10.2. The lowest BCUT2D eigenvalue weighted by Gasteiger charge is -2.04. The average Bonchev–Trinajstić information content (AvgIpc) is 2.70. The first-order valence-electron chi connectivity index (χ1n) is 5.26. The monoisotopic (exact) mass is 280 g/mol. The first-order valence-corrected chi connectivity index (χ1v) is 6.03. The Bertz CT molecular complexity index is 654. The van der Waals surface area contributed by atoms with Gasteiger partial charge in [-0.3, -0.25) is 4.79 Å². The Hall–Kier alpha value is -2.28. The number of amides is 1. The number of rotatable bonds is 3. The fourth-order valence-corrected chi connectivity index (χ4v) is 2.31. The van der Waals surface area contributed by atoms with Crippen LogP contribution in [0.5, 0.6) is 0 Å². The highest BCUT2D eigenvalue weighted by Crippen LogP contribution is 2.25. The molecule has 1 aromatic carbocycles. The molecule has 2 rings (SSSR count). The molecule has 0 aliphatic carbocycles. The van der Waals surface area contributed by atoms with Gasteiger partial charge in [0.15, 0.2) is 0 Å². The molecular weight excluding hydrogens is 271 g/mol. The number of aromatic nitrogens is 1. The third-order valence-electron chi connectivity index (χ3n) is 2.42. The van der Waals surface area contributed by atoms with E-state index in [1.807, 2.05) is 0 Å². The van der Waals surface area contributed by atoms with Gasteiger partial charge in [0.25, 0.3) is 5.91 Å². The summed E-state index contributed by atoms with van der Waals surface area (Å²) in [6.45, 7) is 1.53. The second-order valence-electron chi connectivity index (χ2n) is 3.71. The molecule has 0 radical (unpaired) electrons. The predicted molar refractivity (Wildman–Crippen MR) is 68.2 cm³/mol. The minimum Gasteiger partial charge on any atom is -0.478 e. The molecule has 0 saturated carbocycles. The van der Waals surface area contributed by atoms with Gasteiger partial charge in [0.1, 0.15) is 16.4 Å². The van der Waals surface area contributed by atoms with E-state index in [2.05, 4.69) is 9.69 Å². The van der Waals surface area contributed by atoms with Crippen LogP contribution in [0.25, 0.3) is 0 Å². The number of carbonyl (C=O) groups excluding carboxylic acids is 1. The molecule has 0 spiro atoms. The Morgan fingerprint density at radius 3 is 2.68 bits per heavy atom. The van der Waals surface area contributed by atoms with Crippen LogP contribution in [0.15, 0.2) is 24.3 Å². The van der Waals surface area contributed by atoms with Crippen molar-refractivity contribution >= 4 is 28.4 Å². The molecule has 0 aliphatic heterocycles. The maximum atomic E-state index is 13.4. The molecule has 1 aromatic heterocycles. The number of nitrogens with one attached hydrogen (secondary N) is 1. The summed E-state index contributed by atoms with van der Waals surface area (Å²) in [6, 6.07) is 5.46. The Labute approximate surface area is 111 Å². The van der Waals surface area contributed by atoms with Crippen molar-refractivity contribution in [1.29, 1.82) is 0 Å². The number of aryl methyl sites for hydroxylation is 1. The summed E-state index contributed by atoms with van der Waals surface area (Å²) in [5, 5.41) is 11.5. The van der Waals surface area contributed by atoms with Crippen molar-refractivity contribution in [3.63, 3.8) is 0 Å². The number of carboxylic acids is 1. The largest absolute Gasteiger partial charge is 0.478 e. The highest BCUT2D eigenvalue weighted by atomic mass is 32.1. The molecule has 2 aromatic rings. The number of halogens is 1. The number of carboxylic acid groups (broad SMARTS) is 1. The number of anilines is 1. The maximum absolute atomic E-state index is 13.4. The molecule has 0 aliphatic rings. The zero-order valence-corrected chi connectivity index (χ0v) is 10.6. The molecule has 19 heavy (non-hydrogen) atoms. The summed E-state index contributed by atoms with van der Waals surface area (Å²) in [5.41, 5.74) is 0.0842. The number of hydrogen-bond donors (Lipinski definition) is 2. The Balaban J connectivity index is 2.30. The highest BCUT2D eigenvalue weighted by Gasteiger charge is 2.20. The number of aromatic carboxylic acids is 1. The maximum Gasteiger partial charge on any atom is 0.340 e. The van der Waals surface area contributed by atoms with Crippen molar-refractivity contribution in [2.24, 2.45) is 0 Å². The average molecular weight is 280 g/mol. The van der Waals surface area contributed by atoms with Crippen molar-refractivity contribution in [2.45, 2.75) is 6.92 Å². The van der Waals surface area contributed by atoms with Gasteiger partial charge in [-0.05, 0) is 30.6 Å². The zero-order valence-electron chi connectivity index (χ0n) is 9.81. The van der Waals surface area contributed by atoms with E-state index in [9.17, 15) is 14.0 Å². The number of hydrogen-bond acceptors (Lipinski definition) is 4. The van der Waals surface area contributed by atoms with Gasteiger partial charge < -0.3 is 10.4 Å². The topological polar surface area (TPSA) is 79.3 Å². The van der Waals surface area contributed by atoms with Crippen LogP contribution < -0.4 is 5.32 Å². The Morgan fingerprint density at radius 2 is 2.05 bits per heavy atom. The molecule has 0 unspecified atom stereocenters. The molecular formula is C12H9FN2O3S. The summed E-state index contributed by atoms with van der Waals surface area (Å²) in [6.07, 6.45) is 0. The lowest BCUT2D eigenvalue weighted by Crippen LogP contribution is -2.15. The molecule has 7 heteroatoms. The second kappa shape index (κ2) is 5.15.